The normalized spacial score (nSPS) is 12.2. The molecule has 1 unspecified atom stereocenters. The third kappa shape index (κ3) is 3.55. The molecule has 0 spiro atoms. The fourth-order valence-electron chi connectivity index (χ4n) is 2.81. The van der Waals surface area contributed by atoms with E-state index in [1.54, 1.807) is 29.3 Å². The summed E-state index contributed by atoms with van der Waals surface area (Å²) in [5.74, 6) is 1.29. The summed E-state index contributed by atoms with van der Waals surface area (Å²) in [5, 5.41) is 5.34. The standard InChI is InChI=1S/C20H19N5O/c1-15(12-16-6-3-2-4-7-16)24-26-18-8-9-19-17(13-18)14-23-25(19)20-21-10-5-11-22-20/h2-11,13-15,24H,12H2,1H3. The number of rotatable bonds is 6. The lowest BCUT2D eigenvalue weighted by molar-refractivity contribution is 0.161. The number of hydrogen-bond donors (Lipinski definition) is 1. The fourth-order valence-corrected chi connectivity index (χ4v) is 2.81. The van der Waals surface area contributed by atoms with E-state index < -0.39 is 0 Å². The van der Waals surface area contributed by atoms with Gasteiger partial charge in [-0.1, -0.05) is 30.3 Å². The molecule has 4 rings (SSSR count). The molecule has 0 fully saturated rings. The molecule has 0 aliphatic rings. The van der Waals surface area contributed by atoms with Crippen molar-refractivity contribution in [1.29, 1.82) is 0 Å². The minimum absolute atomic E-state index is 0.188. The van der Waals surface area contributed by atoms with Crippen LogP contribution >= 0.6 is 0 Å². The monoisotopic (exact) mass is 345 g/mol. The molecule has 130 valence electrons. The Morgan fingerprint density at radius 3 is 2.65 bits per heavy atom. The van der Waals surface area contributed by atoms with E-state index >= 15 is 0 Å². The molecule has 6 nitrogen and oxygen atoms in total. The van der Waals surface area contributed by atoms with Crippen molar-refractivity contribution in [2.24, 2.45) is 0 Å². The van der Waals surface area contributed by atoms with E-state index in [0.717, 1.165) is 23.1 Å². The van der Waals surface area contributed by atoms with Crippen molar-refractivity contribution in [3.05, 3.63) is 78.8 Å². The van der Waals surface area contributed by atoms with Crippen molar-refractivity contribution in [1.82, 2.24) is 25.2 Å². The van der Waals surface area contributed by atoms with Crippen LogP contribution in [0.2, 0.25) is 0 Å². The van der Waals surface area contributed by atoms with Gasteiger partial charge in [0.15, 0.2) is 0 Å². The molecule has 1 N–H and O–H groups in total. The maximum Gasteiger partial charge on any atom is 0.251 e. The third-order valence-corrected chi connectivity index (χ3v) is 4.04. The third-order valence-electron chi connectivity index (χ3n) is 4.04. The van der Waals surface area contributed by atoms with Gasteiger partial charge in [-0.2, -0.15) is 15.3 Å². The molecule has 0 amide bonds. The lowest BCUT2D eigenvalue weighted by Crippen LogP contribution is -2.31. The maximum atomic E-state index is 5.74. The van der Waals surface area contributed by atoms with Crippen LogP contribution in [0.15, 0.2) is 73.2 Å². The Balaban J connectivity index is 1.45. The maximum absolute atomic E-state index is 5.74. The van der Waals surface area contributed by atoms with Crippen molar-refractivity contribution in [2.75, 3.05) is 0 Å². The van der Waals surface area contributed by atoms with Crippen LogP contribution in [0.4, 0.5) is 0 Å². The Morgan fingerprint density at radius 2 is 1.85 bits per heavy atom. The highest BCUT2D eigenvalue weighted by Crippen LogP contribution is 2.21. The molecule has 26 heavy (non-hydrogen) atoms. The van der Waals surface area contributed by atoms with Gasteiger partial charge >= 0.3 is 0 Å². The van der Waals surface area contributed by atoms with Gasteiger partial charge in [-0.05, 0) is 43.2 Å². The number of hydroxylamine groups is 1. The van der Waals surface area contributed by atoms with Crippen LogP contribution in [0.25, 0.3) is 16.9 Å². The predicted molar refractivity (Wildman–Crippen MR) is 100 cm³/mol. The first-order valence-electron chi connectivity index (χ1n) is 8.51. The van der Waals surface area contributed by atoms with Crippen molar-refractivity contribution in [3.63, 3.8) is 0 Å². The van der Waals surface area contributed by atoms with E-state index in [1.807, 2.05) is 36.4 Å². The second kappa shape index (κ2) is 7.33. The summed E-state index contributed by atoms with van der Waals surface area (Å²) in [6.07, 6.45) is 6.08. The number of aromatic nitrogens is 4. The smallest absolute Gasteiger partial charge is 0.251 e. The van der Waals surface area contributed by atoms with E-state index in [2.05, 4.69) is 39.6 Å². The average Bonchev–Trinajstić information content (AvgIpc) is 3.11. The zero-order valence-corrected chi connectivity index (χ0v) is 14.4. The van der Waals surface area contributed by atoms with Crippen LogP contribution in [0.5, 0.6) is 5.75 Å². The Hall–Kier alpha value is -3.25. The van der Waals surface area contributed by atoms with E-state index in [-0.39, 0.29) is 6.04 Å². The van der Waals surface area contributed by atoms with Crippen LogP contribution in [-0.4, -0.2) is 25.8 Å². The van der Waals surface area contributed by atoms with Crippen molar-refractivity contribution in [3.8, 4) is 11.7 Å². The zero-order chi connectivity index (χ0) is 17.8. The summed E-state index contributed by atoms with van der Waals surface area (Å²) < 4.78 is 1.71. The highest BCUT2D eigenvalue weighted by molar-refractivity contribution is 5.81. The average molecular weight is 345 g/mol. The molecule has 2 aromatic heterocycles. The second-order valence-electron chi connectivity index (χ2n) is 6.14. The number of nitrogens with one attached hydrogen (secondary N) is 1. The number of benzene rings is 2. The number of nitrogens with zero attached hydrogens (tertiary/aromatic N) is 4. The quantitative estimate of drug-likeness (QED) is 0.543. The molecule has 0 aliphatic heterocycles. The van der Waals surface area contributed by atoms with Gasteiger partial charge < -0.3 is 4.84 Å². The zero-order valence-electron chi connectivity index (χ0n) is 14.4. The molecule has 0 saturated heterocycles. The molecule has 1 atom stereocenters. The van der Waals surface area contributed by atoms with Crippen molar-refractivity contribution in [2.45, 2.75) is 19.4 Å². The highest BCUT2D eigenvalue weighted by Gasteiger charge is 2.09. The van der Waals surface area contributed by atoms with E-state index in [9.17, 15) is 0 Å². The molecule has 0 saturated carbocycles. The molecule has 2 heterocycles. The second-order valence-corrected chi connectivity index (χ2v) is 6.14. The van der Waals surface area contributed by atoms with Crippen LogP contribution in [0.3, 0.4) is 0 Å². The van der Waals surface area contributed by atoms with Crippen LogP contribution in [0, 0.1) is 0 Å². The number of hydrogen-bond acceptors (Lipinski definition) is 5. The van der Waals surface area contributed by atoms with E-state index in [0.29, 0.717) is 5.95 Å². The lowest BCUT2D eigenvalue weighted by atomic mass is 10.1. The molecular weight excluding hydrogens is 326 g/mol. The minimum atomic E-state index is 0.188. The summed E-state index contributed by atoms with van der Waals surface area (Å²) >= 11 is 0. The van der Waals surface area contributed by atoms with Gasteiger partial charge in [0.1, 0.15) is 5.75 Å². The van der Waals surface area contributed by atoms with Gasteiger partial charge in [0.2, 0.25) is 0 Å². The van der Waals surface area contributed by atoms with Gasteiger partial charge in [-0.3, -0.25) is 0 Å². The first kappa shape index (κ1) is 16.2. The molecule has 0 radical (unpaired) electrons. The van der Waals surface area contributed by atoms with Gasteiger partial charge in [0.25, 0.3) is 5.95 Å². The first-order valence-corrected chi connectivity index (χ1v) is 8.51. The molecule has 4 aromatic rings. The highest BCUT2D eigenvalue weighted by atomic mass is 16.6. The van der Waals surface area contributed by atoms with Crippen LogP contribution in [0.1, 0.15) is 12.5 Å². The molecule has 0 aliphatic carbocycles. The Labute approximate surface area is 151 Å². The SMILES string of the molecule is CC(Cc1ccccc1)NOc1ccc2c(cnn2-c2ncccn2)c1. The first-order chi connectivity index (χ1) is 12.8. The summed E-state index contributed by atoms with van der Waals surface area (Å²) in [6, 6.07) is 18.1. The van der Waals surface area contributed by atoms with Crippen LogP contribution in [-0.2, 0) is 6.42 Å². The largest absolute Gasteiger partial charge is 0.408 e. The van der Waals surface area contributed by atoms with Gasteiger partial charge in [0.05, 0.1) is 11.7 Å². The molecule has 6 heteroatoms. The molecule has 2 aromatic carbocycles. The lowest BCUT2D eigenvalue weighted by Gasteiger charge is -2.14. The van der Waals surface area contributed by atoms with Crippen molar-refractivity contribution < 1.29 is 4.84 Å². The molecule has 0 bridgehead atoms. The van der Waals surface area contributed by atoms with E-state index in [4.69, 9.17) is 4.84 Å². The summed E-state index contributed by atoms with van der Waals surface area (Å²) in [6.45, 7) is 2.09. The van der Waals surface area contributed by atoms with E-state index in [1.165, 1.54) is 5.56 Å². The van der Waals surface area contributed by atoms with Crippen molar-refractivity contribution >= 4 is 10.9 Å². The summed E-state index contributed by atoms with van der Waals surface area (Å²) in [5.41, 5.74) is 5.30. The van der Waals surface area contributed by atoms with Gasteiger partial charge in [-0.25, -0.2) is 9.97 Å². The predicted octanol–water partition coefficient (Wildman–Crippen LogP) is 3.33. The number of fused-ring (bicyclic) bond motifs is 1. The summed E-state index contributed by atoms with van der Waals surface area (Å²) in [4.78, 5) is 14.2. The topological polar surface area (TPSA) is 64.9 Å². The van der Waals surface area contributed by atoms with Crippen LogP contribution < -0.4 is 10.3 Å². The Morgan fingerprint density at radius 1 is 1.04 bits per heavy atom. The Bertz CT molecular complexity index is 985. The molecular formula is C20H19N5O. The fraction of sp³-hybridized carbons (Fsp3) is 0.150. The Kier molecular flexibility index (Phi) is 4.57. The van der Waals surface area contributed by atoms with Gasteiger partial charge in [0, 0.05) is 23.8 Å². The minimum Gasteiger partial charge on any atom is -0.408 e. The summed E-state index contributed by atoms with van der Waals surface area (Å²) in [7, 11) is 0. The van der Waals surface area contributed by atoms with Gasteiger partial charge in [-0.15, -0.1) is 0 Å².